The summed E-state index contributed by atoms with van der Waals surface area (Å²) in [4.78, 5) is 151. The van der Waals surface area contributed by atoms with Gasteiger partial charge in [0.2, 0.25) is 53.2 Å². The van der Waals surface area contributed by atoms with Crippen molar-refractivity contribution in [1.82, 2.24) is 67.0 Å². The van der Waals surface area contributed by atoms with Gasteiger partial charge in [0.1, 0.15) is 60.1 Å². The lowest BCUT2D eigenvalue weighted by atomic mass is 9.96. The van der Waals surface area contributed by atoms with Gasteiger partial charge in [0.25, 0.3) is 0 Å². The second kappa shape index (κ2) is 27.4. The van der Waals surface area contributed by atoms with Crippen LogP contribution in [0.5, 0.6) is 5.75 Å². The van der Waals surface area contributed by atoms with Gasteiger partial charge in [-0.1, -0.05) is 32.4 Å². The molecule has 3 aromatic rings. The Labute approximate surface area is 431 Å². The number of phenolic OH excluding ortho intramolecular Hbond substituents is 1. The van der Waals surface area contributed by atoms with Crippen LogP contribution < -0.4 is 43.0 Å². The number of nitrogens with zero attached hydrogens (tertiary/aromatic N) is 4. The molecular weight excluding hydrogens is 981 g/mol. The highest BCUT2D eigenvalue weighted by Gasteiger charge is 2.41. The Hall–Kier alpha value is -7.94. The number of H-pyrrole nitrogens is 2. The van der Waals surface area contributed by atoms with E-state index >= 15 is 0 Å². The fraction of sp³-hybridized carbons (Fsp3) is 0.542. The summed E-state index contributed by atoms with van der Waals surface area (Å²) in [6, 6.07) is -5.10. The predicted octanol–water partition coefficient (Wildman–Crippen LogP) is -3.64. The largest absolute Gasteiger partial charge is 0.508 e. The molecule has 2 fully saturated rings. The Kier molecular flexibility index (Phi) is 21.2. The number of carboxylic acid groups (broad SMARTS) is 1. The van der Waals surface area contributed by atoms with Crippen LogP contribution in [-0.4, -0.2) is 185 Å². The quantitative estimate of drug-likeness (QED) is 0.0369. The number of carboxylic acids is 1. The van der Waals surface area contributed by atoms with E-state index in [1.165, 1.54) is 73.0 Å². The van der Waals surface area contributed by atoms with E-state index in [-0.39, 0.29) is 50.9 Å². The van der Waals surface area contributed by atoms with Crippen LogP contribution in [0.25, 0.3) is 0 Å². The lowest BCUT2D eigenvalue weighted by Crippen LogP contribution is -2.60. The molecule has 2 saturated heterocycles. The number of rotatable bonds is 26. The molecule has 5 rings (SSSR count). The standard InChI is InChI=1S/C48H68N14O13/c1-5-25(2)39(47(73)62-15-7-8-36(62)44(70)56-27(4)48(74)75)60-43(69)33(16-28-10-12-31(64)13-11-28)57-38(65)21-52-41(67)34(17-29-19-50-23-53-29)58-40(66)26(3)55-42(68)35(18-30-20-51-24-54-30)59-45(71)37-9-6-14-61(37)46(72)32(49)22-63/h10-13,19-20,23-27,32-37,39,63-64H,5-9,14-18,21-22,49H2,1-4H3,(H,50,53)(H,51,54)(H,52,67)(H,55,68)(H,56,70)(H,57,65)(H,58,66)(H,59,71)(H,60,69)(H,74,75)/t25-,26-,27-,32-,33-,34-,35-,36-,37-,39-/m0/s1. The number of carbonyl (C=O) groups excluding carboxylic acids is 9. The minimum absolute atomic E-state index is 0.0594. The molecule has 9 amide bonds. The predicted molar refractivity (Wildman–Crippen MR) is 264 cm³/mol. The van der Waals surface area contributed by atoms with Gasteiger partial charge in [0.05, 0.1) is 25.8 Å². The zero-order valence-corrected chi connectivity index (χ0v) is 42.2. The molecule has 2 aliphatic rings. The van der Waals surface area contributed by atoms with Crippen molar-refractivity contribution >= 4 is 59.1 Å². The van der Waals surface area contributed by atoms with Crippen molar-refractivity contribution in [2.75, 3.05) is 26.2 Å². The van der Waals surface area contributed by atoms with Crippen LogP contribution >= 0.6 is 0 Å². The third-order valence-electron chi connectivity index (χ3n) is 13.1. The van der Waals surface area contributed by atoms with Crippen molar-refractivity contribution in [3.05, 3.63) is 66.3 Å². The van der Waals surface area contributed by atoms with Crippen LogP contribution in [0.2, 0.25) is 0 Å². The van der Waals surface area contributed by atoms with Crippen LogP contribution in [0.4, 0.5) is 0 Å². The van der Waals surface area contributed by atoms with Gasteiger partial charge in [0, 0.05) is 56.1 Å². The number of benzene rings is 1. The van der Waals surface area contributed by atoms with Gasteiger partial charge in [-0.15, -0.1) is 0 Å². The first-order valence-corrected chi connectivity index (χ1v) is 24.7. The molecule has 0 aliphatic carbocycles. The van der Waals surface area contributed by atoms with Crippen molar-refractivity contribution in [3.63, 3.8) is 0 Å². The van der Waals surface area contributed by atoms with Gasteiger partial charge >= 0.3 is 5.97 Å². The first kappa shape index (κ1) is 58.0. The first-order chi connectivity index (χ1) is 35.7. The van der Waals surface area contributed by atoms with Gasteiger partial charge in [0.15, 0.2) is 0 Å². The fourth-order valence-corrected chi connectivity index (χ4v) is 8.59. The number of likely N-dealkylation sites (tertiary alicyclic amines) is 2. The minimum Gasteiger partial charge on any atom is -0.508 e. The molecule has 14 N–H and O–H groups in total. The minimum atomic E-state index is -1.37. The molecule has 0 radical (unpaired) electrons. The molecule has 0 unspecified atom stereocenters. The molecule has 27 nitrogen and oxygen atoms in total. The average molecular weight is 1050 g/mol. The summed E-state index contributed by atoms with van der Waals surface area (Å²) in [7, 11) is 0. The number of amides is 9. The number of hydrogen-bond acceptors (Lipinski definition) is 15. The maximum atomic E-state index is 14.2. The number of nitrogens with one attached hydrogen (secondary N) is 9. The zero-order chi connectivity index (χ0) is 54.9. The van der Waals surface area contributed by atoms with E-state index in [0.29, 0.717) is 36.2 Å². The number of aromatic hydroxyl groups is 1. The number of aliphatic hydroxyl groups excluding tert-OH is 1. The number of carbonyl (C=O) groups is 10. The van der Waals surface area contributed by atoms with E-state index in [1.54, 1.807) is 13.8 Å². The lowest BCUT2D eigenvalue weighted by molar-refractivity contribution is -0.145. The molecule has 0 saturated carbocycles. The van der Waals surface area contributed by atoms with E-state index in [0.717, 1.165) is 0 Å². The van der Waals surface area contributed by atoms with Gasteiger partial charge in [-0.25, -0.2) is 9.97 Å². The summed E-state index contributed by atoms with van der Waals surface area (Å²) in [5, 5.41) is 46.7. The molecule has 27 heteroatoms. The molecule has 408 valence electrons. The molecule has 0 bridgehead atoms. The zero-order valence-electron chi connectivity index (χ0n) is 42.2. The van der Waals surface area contributed by atoms with Crippen molar-refractivity contribution in [2.45, 2.75) is 133 Å². The second-order valence-electron chi connectivity index (χ2n) is 18.7. The number of aromatic amines is 2. The van der Waals surface area contributed by atoms with Gasteiger partial charge in [-0.2, -0.15) is 0 Å². The van der Waals surface area contributed by atoms with Gasteiger partial charge in [-0.05, 0) is 63.1 Å². The molecular formula is C48H68N14O13. The van der Waals surface area contributed by atoms with Crippen LogP contribution in [0.15, 0.2) is 49.3 Å². The maximum Gasteiger partial charge on any atom is 0.325 e. The average Bonchev–Trinajstić information content (AvgIpc) is 4.26. The molecule has 10 atom stereocenters. The van der Waals surface area contributed by atoms with E-state index in [9.17, 15) is 63.3 Å². The van der Waals surface area contributed by atoms with Gasteiger partial charge < -0.3 is 78.0 Å². The highest BCUT2D eigenvalue weighted by atomic mass is 16.4. The highest BCUT2D eigenvalue weighted by molar-refractivity contribution is 5.98. The Bertz CT molecular complexity index is 2470. The van der Waals surface area contributed by atoms with E-state index in [1.807, 2.05) is 0 Å². The van der Waals surface area contributed by atoms with E-state index in [4.69, 9.17) is 5.73 Å². The summed E-state index contributed by atoms with van der Waals surface area (Å²) in [5.74, 6) is -8.43. The second-order valence-corrected chi connectivity index (χ2v) is 18.7. The molecule has 75 heavy (non-hydrogen) atoms. The van der Waals surface area contributed by atoms with E-state index < -0.39 is 133 Å². The maximum absolute atomic E-state index is 14.2. The Morgan fingerprint density at radius 1 is 0.680 bits per heavy atom. The van der Waals surface area contributed by atoms with Crippen molar-refractivity contribution < 1.29 is 63.3 Å². The number of aromatic nitrogens is 4. The molecule has 2 aliphatic heterocycles. The lowest BCUT2D eigenvalue weighted by Gasteiger charge is -2.32. The summed E-state index contributed by atoms with van der Waals surface area (Å²) >= 11 is 0. The Morgan fingerprint density at radius 3 is 1.75 bits per heavy atom. The molecule has 4 heterocycles. The number of imidazole rings is 2. The summed E-state index contributed by atoms with van der Waals surface area (Å²) in [6.45, 7) is 5.21. The van der Waals surface area contributed by atoms with Gasteiger partial charge in [-0.3, -0.25) is 47.9 Å². The Morgan fingerprint density at radius 2 is 1.21 bits per heavy atom. The van der Waals surface area contributed by atoms with Crippen molar-refractivity contribution in [2.24, 2.45) is 11.7 Å². The number of aliphatic carboxylic acids is 1. The van der Waals surface area contributed by atoms with Crippen molar-refractivity contribution in [1.29, 1.82) is 0 Å². The summed E-state index contributed by atoms with van der Waals surface area (Å²) in [6.07, 6.45) is 7.04. The number of hydrogen-bond donors (Lipinski definition) is 13. The SMILES string of the molecule is CC[C@H](C)[C@H](NC(=O)[C@H](Cc1ccc(O)cc1)NC(=O)CNC(=O)[C@H](Cc1cnc[nH]1)NC(=O)[C@H](C)NC(=O)[C@H](Cc1cnc[nH]1)NC(=O)[C@@H]1CCCN1C(=O)[C@@H](N)CO)C(=O)N1CCC[C@H]1C(=O)N[C@@H](C)C(=O)O. The number of nitrogens with two attached hydrogens (primary N) is 1. The van der Waals surface area contributed by atoms with Crippen LogP contribution in [0.1, 0.15) is 76.8 Å². The smallest absolute Gasteiger partial charge is 0.325 e. The monoisotopic (exact) mass is 1050 g/mol. The Balaban J connectivity index is 1.26. The van der Waals surface area contributed by atoms with Crippen LogP contribution in [0.3, 0.4) is 0 Å². The third-order valence-corrected chi connectivity index (χ3v) is 13.1. The summed E-state index contributed by atoms with van der Waals surface area (Å²) < 4.78 is 0. The fourth-order valence-electron chi connectivity index (χ4n) is 8.59. The number of phenols is 1. The normalized spacial score (nSPS) is 18.4. The van der Waals surface area contributed by atoms with Crippen molar-refractivity contribution in [3.8, 4) is 5.75 Å². The third kappa shape index (κ3) is 16.3. The highest BCUT2D eigenvalue weighted by Crippen LogP contribution is 2.23. The molecule has 1 aromatic carbocycles. The molecule has 2 aromatic heterocycles. The van der Waals surface area contributed by atoms with Crippen LogP contribution in [0, 0.1) is 5.92 Å². The topological polar surface area (TPSA) is 405 Å². The number of aliphatic hydroxyl groups is 1. The van der Waals surface area contributed by atoms with E-state index in [2.05, 4.69) is 57.2 Å². The first-order valence-electron chi connectivity index (χ1n) is 24.7. The van der Waals surface area contributed by atoms with Crippen LogP contribution in [-0.2, 0) is 67.2 Å². The molecule has 0 spiro atoms. The summed E-state index contributed by atoms with van der Waals surface area (Å²) in [5.41, 5.74) is 7.11.